The third kappa shape index (κ3) is 4.93. The van der Waals surface area contributed by atoms with Crippen molar-refractivity contribution in [3.8, 4) is 28.4 Å². The first-order valence-corrected chi connectivity index (χ1v) is 10.2. The third-order valence-corrected chi connectivity index (χ3v) is 4.90. The number of rotatable bonds is 9. The van der Waals surface area contributed by atoms with Gasteiger partial charge in [-0.25, -0.2) is 4.79 Å². The van der Waals surface area contributed by atoms with Crippen LogP contribution in [0.15, 0.2) is 30.3 Å². The molecule has 1 heterocycles. The minimum absolute atomic E-state index is 0.117. The molecule has 2 aromatic carbocycles. The molecule has 0 aliphatic carbocycles. The summed E-state index contributed by atoms with van der Waals surface area (Å²) < 4.78 is 27.8. The van der Waals surface area contributed by atoms with Crippen molar-refractivity contribution in [2.45, 2.75) is 45.8 Å². The summed E-state index contributed by atoms with van der Waals surface area (Å²) in [5.74, 6) is 0.829. The van der Waals surface area contributed by atoms with Crippen LogP contribution < -0.4 is 14.2 Å². The average molecular weight is 428 g/mol. The summed E-state index contributed by atoms with van der Waals surface area (Å²) in [6, 6.07) is 9.15. The van der Waals surface area contributed by atoms with E-state index in [0.29, 0.717) is 35.7 Å². The Kier molecular flexibility index (Phi) is 6.73. The van der Waals surface area contributed by atoms with Gasteiger partial charge in [0.1, 0.15) is 18.8 Å². The molecule has 166 valence electrons. The molecule has 7 nitrogen and oxygen atoms in total. The number of ether oxygens (including phenoxy) is 5. The summed E-state index contributed by atoms with van der Waals surface area (Å²) in [6.07, 6.45) is 1.07. The van der Waals surface area contributed by atoms with Gasteiger partial charge in [0.15, 0.2) is 11.5 Å². The van der Waals surface area contributed by atoms with Crippen molar-refractivity contribution in [1.29, 1.82) is 0 Å². The summed E-state index contributed by atoms with van der Waals surface area (Å²) >= 11 is 0. The van der Waals surface area contributed by atoms with Crippen LogP contribution in [-0.2, 0) is 20.9 Å². The lowest BCUT2D eigenvalue weighted by atomic mass is 9.99. The van der Waals surface area contributed by atoms with Crippen molar-refractivity contribution in [3.63, 3.8) is 0 Å². The van der Waals surface area contributed by atoms with Crippen LogP contribution >= 0.6 is 0 Å². The number of fused-ring (bicyclic) bond motifs is 1. The van der Waals surface area contributed by atoms with Crippen LogP contribution in [0.1, 0.15) is 49.5 Å². The number of hydrogen-bond donors (Lipinski definition) is 0. The van der Waals surface area contributed by atoms with Gasteiger partial charge in [-0.3, -0.25) is 4.79 Å². The molecule has 1 aliphatic heterocycles. The monoisotopic (exact) mass is 428 g/mol. The summed E-state index contributed by atoms with van der Waals surface area (Å²) in [7, 11) is 3.09. The first-order chi connectivity index (χ1) is 14.8. The van der Waals surface area contributed by atoms with E-state index in [-0.39, 0.29) is 25.2 Å². The lowest BCUT2D eigenvalue weighted by molar-refractivity contribution is -0.159. The number of hydrogen-bond acceptors (Lipinski definition) is 7. The zero-order valence-corrected chi connectivity index (χ0v) is 18.6. The van der Waals surface area contributed by atoms with Gasteiger partial charge >= 0.3 is 11.9 Å². The number of cyclic esters (lactones) is 1. The van der Waals surface area contributed by atoms with E-state index in [1.54, 1.807) is 33.1 Å². The zero-order valence-electron chi connectivity index (χ0n) is 18.6. The number of carbonyl (C=O) groups is 2. The van der Waals surface area contributed by atoms with Crippen LogP contribution in [0.25, 0.3) is 11.1 Å². The number of methoxy groups -OCH3 is 2. The summed E-state index contributed by atoms with van der Waals surface area (Å²) in [6.45, 7) is 5.88. The third-order valence-electron chi connectivity index (χ3n) is 4.90. The van der Waals surface area contributed by atoms with E-state index in [1.165, 1.54) is 7.11 Å². The molecule has 0 atom stereocenters. The minimum atomic E-state index is -0.837. The van der Waals surface area contributed by atoms with E-state index in [1.807, 2.05) is 25.1 Å². The molecule has 0 amide bonds. The topological polar surface area (TPSA) is 80.3 Å². The Balaban J connectivity index is 1.96. The van der Waals surface area contributed by atoms with Crippen LogP contribution in [0.4, 0.5) is 0 Å². The first kappa shape index (κ1) is 22.5. The fourth-order valence-electron chi connectivity index (χ4n) is 3.41. The molecule has 0 aromatic heterocycles. The highest BCUT2D eigenvalue weighted by Crippen LogP contribution is 2.45. The number of esters is 2. The molecule has 0 spiro atoms. The van der Waals surface area contributed by atoms with Gasteiger partial charge in [-0.05, 0) is 50.1 Å². The molecule has 31 heavy (non-hydrogen) atoms. The highest BCUT2D eigenvalue weighted by Gasteiger charge is 2.27. The van der Waals surface area contributed by atoms with Crippen molar-refractivity contribution in [2.75, 3.05) is 20.8 Å². The highest BCUT2D eigenvalue weighted by molar-refractivity contribution is 5.94. The standard InChI is InChI=1S/C24H28O7/c1-6-7-20(25)31-24(2,3)14-30-21-17(10-11-19(27-4)22(21)28-5)15-8-9-18-16(12-15)13-29-23(18)26/h8-12H,6-7,13-14H2,1-5H3. The molecular formula is C24H28O7. The van der Waals surface area contributed by atoms with Crippen molar-refractivity contribution in [3.05, 3.63) is 41.5 Å². The Labute approximate surface area is 182 Å². The summed E-state index contributed by atoms with van der Waals surface area (Å²) in [5, 5.41) is 0. The van der Waals surface area contributed by atoms with Gasteiger partial charge in [0.2, 0.25) is 5.75 Å². The molecule has 1 aliphatic rings. The van der Waals surface area contributed by atoms with Crippen LogP contribution in [0.2, 0.25) is 0 Å². The van der Waals surface area contributed by atoms with Gasteiger partial charge in [-0.1, -0.05) is 13.0 Å². The quantitative estimate of drug-likeness (QED) is 0.542. The summed E-state index contributed by atoms with van der Waals surface area (Å²) in [4.78, 5) is 23.7. The van der Waals surface area contributed by atoms with E-state index in [4.69, 9.17) is 23.7 Å². The minimum Gasteiger partial charge on any atom is -0.493 e. The predicted molar refractivity (Wildman–Crippen MR) is 115 cm³/mol. The van der Waals surface area contributed by atoms with Crippen molar-refractivity contribution >= 4 is 11.9 Å². The van der Waals surface area contributed by atoms with E-state index in [9.17, 15) is 9.59 Å². The Hall–Kier alpha value is -3.22. The van der Waals surface area contributed by atoms with Gasteiger partial charge in [0, 0.05) is 17.5 Å². The van der Waals surface area contributed by atoms with Gasteiger partial charge in [0.25, 0.3) is 0 Å². The maximum absolute atomic E-state index is 12.0. The van der Waals surface area contributed by atoms with Crippen LogP contribution in [0, 0.1) is 0 Å². The number of carbonyl (C=O) groups excluding carboxylic acids is 2. The first-order valence-electron chi connectivity index (χ1n) is 10.2. The Morgan fingerprint density at radius 1 is 1.06 bits per heavy atom. The van der Waals surface area contributed by atoms with Crippen molar-refractivity contribution in [2.24, 2.45) is 0 Å². The fourth-order valence-corrected chi connectivity index (χ4v) is 3.41. The lowest BCUT2D eigenvalue weighted by Gasteiger charge is -2.27. The Morgan fingerprint density at radius 3 is 2.48 bits per heavy atom. The fraction of sp³-hybridized carbons (Fsp3) is 0.417. The molecule has 0 saturated carbocycles. The molecular weight excluding hydrogens is 400 g/mol. The molecule has 0 radical (unpaired) electrons. The molecule has 0 N–H and O–H groups in total. The van der Waals surface area contributed by atoms with Crippen LogP contribution in [-0.4, -0.2) is 38.4 Å². The van der Waals surface area contributed by atoms with Gasteiger partial charge in [-0.2, -0.15) is 0 Å². The molecule has 0 unspecified atom stereocenters. The van der Waals surface area contributed by atoms with Gasteiger partial charge in [0.05, 0.1) is 19.8 Å². The molecule has 0 bridgehead atoms. The molecule has 0 saturated heterocycles. The van der Waals surface area contributed by atoms with E-state index < -0.39 is 5.60 Å². The normalized spacial score (nSPS) is 12.7. The Bertz CT molecular complexity index is 978. The summed E-state index contributed by atoms with van der Waals surface area (Å²) in [5.41, 5.74) is 2.15. The zero-order chi connectivity index (χ0) is 22.6. The van der Waals surface area contributed by atoms with Crippen molar-refractivity contribution in [1.82, 2.24) is 0 Å². The van der Waals surface area contributed by atoms with Crippen LogP contribution in [0.5, 0.6) is 17.2 Å². The molecule has 7 heteroatoms. The van der Waals surface area contributed by atoms with Crippen molar-refractivity contribution < 1.29 is 33.3 Å². The second kappa shape index (κ2) is 9.29. The van der Waals surface area contributed by atoms with Crippen LogP contribution in [0.3, 0.4) is 0 Å². The number of benzene rings is 2. The molecule has 3 rings (SSSR count). The van der Waals surface area contributed by atoms with Gasteiger partial charge < -0.3 is 23.7 Å². The second-order valence-corrected chi connectivity index (χ2v) is 7.90. The Morgan fingerprint density at radius 2 is 1.81 bits per heavy atom. The average Bonchev–Trinajstić information content (AvgIpc) is 3.11. The van der Waals surface area contributed by atoms with E-state index in [2.05, 4.69) is 0 Å². The van der Waals surface area contributed by atoms with Gasteiger partial charge in [-0.15, -0.1) is 0 Å². The SMILES string of the molecule is CCCC(=O)OC(C)(C)COc1c(-c2ccc3c(c2)COC3=O)ccc(OC)c1OC. The maximum atomic E-state index is 12.0. The second-order valence-electron chi connectivity index (χ2n) is 7.90. The van der Waals surface area contributed by atoms with E-state index in [0.717, 1.165) is 16.7 Å². The maximum Gasteiger partial charge on any atom is 0.338 e. The highest BCUT2D eigenvalue weighted by atomic mass is 16.6. The molecule has 0 fully saturated rings. The lowest BCUT2D eigenvalue weighted by Crippen LogP contribution is -2.34. The smallest absolute Gasteiger partial charge is 0.338 e. The predicted octanol–water partition coefficient (Wildman–Crippen LogP) is 4.54. The largest absolute Gasteiger partial charge is 0.493 e. The molecule has 2 aromatic rings. The van der Waals surface area contributed by atoms with E-state index >= 15 is 0 Å².